The van der Waals surface area contributed by atoms with Crippen LogP contribution in [0.4, 0.5) is 5.69 Å². The van der Waals surface area contributed by atoms with E-state index < -0.39 is 10.9 Å². The van der Waals surface area contributed by atoms with Gasteiger partial charge in [-0.2, -0.15) is 0 Å². The van der Waals surface area contributed by atoms with Crippen molar-refractivity contribution in [3.05, 3.63) is 67.7 Å². The van der Waals surface area contributed by atoms with Gasteiger partial charge < -0.3 is 4.74 Å². The molecule has 0 bridgehead atoms. The van der Waals surface area contributed by atoms with E-state index >= 15 is 0 Å². The van der Waals surface area contributed by atoms with Crippen LogP contribution in [-0.2, 0) is 0 Å². The number of hydrogen-bond donors (Lipinski definition) is 0. The highest BCUT2D eigenvalue weighted by atomic mass is 79.9. The van der Waals surface area contributed by atoms with Gasteiger partial charge in [-0.05, 0) is 43.2 Å². The lowest BCUT2D eigenvalue weighted by Gasteiger charge is -2.11. The molecule has 0 aliphatic carbocycles. The van der Waals surface area contributed by atoms with E-state index in [1.54, 1.807) is 0 Å². The number of benzene rings is 2. The largest absolute Gasteiger partial charge is 0.422 e. The van der Waals surface area contributed by atoms with Crippen LogP contribution in [0.5, 0.6) is 5.75 Å². The van der Waals surface area contributed by atoms with Crippen molar-refractivity contribution in [3.63, 3.8) is 0 Å². The molecule has 0 aromatic heterocycles. The smallest absolute Gasteiger partial charge is 0.343 e. The molecule has 0 amide bonds. The zero-order valence-electron chi connectivity index (χ0n) is 11.4. The molecular weight excluding hydrogens is 338 g/mol. The van der Waals surface area contributed by atoms with E-state index in [9.17, 15) is 14.9 Å². The van der Waals surface area contributed by atoms with Crippen LogP contribution in [-0.4, -0.2) is 10.9 Å². The molecule has 0 spiro atoms. The summed E-state index contributed by atoms with van der Waals surface area (Å²) in [6, 6.07) is 9.14. The third-order valence-electron chi connectivity index (χ3n) is 2.91. The maximum Gasteiger partial charge on any atom is 0.343 e. The summed E-state index contributed by atoms with van der Waals surface area (Å²) in [5.41, 5.74) is 1.61. The Bertz CT molecular complexity index is 704. The molecule has 0 atom stereocenters. The maximum atomic E-state index is 12.1. The summed E-state index contributed by atoms with van der Waals surface area (Å²) in [6.45, 7) is 3.65. The lowest BCUT2D eigenvalue weighted by molar-refractivity contribution is -0.384. The maximum absolute atomic E-state index is 12.1. The predicted molar refractivity (Wildman–Crippen MR) is 81.7 cm³/mol. The van der Waals surface area contributed by atoms with Crippen LogP contribution in [0.3, 0.4) is 0 Å². The fraction of sp³-hybridized carbons (Fsp3) is 0.133. The zero-order valence-corrected chi connectivity index (χ0v) is 13.0. The molecular formula is C15H12BrNO4. The third-order valence-corrected chi connectivity index (χ3v) is 3.37. The Labute approximate surface area is 129 Å². The van der Waals surface area contributed by atoms with Gasteiger partial charge in [0.15, 0.2) is 0 Å². The molecule has 2 aromatic carbocycles. The molecule has 108 valence electrons. The molecule has 2 rings (SSSR count). The van der Waals surface area contributed by atoms with Crippen LogP contribution < -0.4 is 4.74 Å². The fourth-order valence-electron chi connectivity index (χ4n) is 1.96. The van der Waals surface area contributed by atoms with E-state index in [4.69, 9.17) is 4.74 Å². The predicted octanol–water partition coefficient (Wildman–Crippen LogP) is 4.19. The van der Waals surface area contributed by atoms with Gasteiger partial charge in [-0.3, -0.25) is 10.1 Å². The Morgan fingerprint density at radius 2 is 1.81 bits per heavy atom. The number of nitrogens with zero attached hydrogens (tertiary/aromatic N) is 1. The molecule has 0 saturated heterocycles. The average Bonchev–Trinajstić information content (AvgIpc) is 2.42. The van der Waals surface area contributed by atoms with Crippen molar-refractivity contribution in [3.8, 4) is 5.75 Å². The van der Waals surface area contributed by atoms with Gasteiger partial charge in [-0.15, -0.1) is 0 Å². The number of ether oxygens (including phenoxy) is 1. The van der Waals surface area contributed by atoms with E-state index in [-0.39, 0.29) is 11.3 Å². The molecule has 6 heteroatoms. The van der Waals surface area contributed by atoms with Crippen molar-refractivity contribution in [2.24, 2.45) is 0 Å². The van der Waals surface area contributed by atoms with Crippen molar-refractivity contribution in [2.45, 2.75) is 13.8 Å². The van der Waals surface area contributed by atoms with E-state index in [0.29, 0.717) is 5.75 Å². The summed E-state index contributed by atoms with van der Waals surface area (Å²) in [4.78, 5) is 22.3. The summed E-state index contributed by atoms with van der Waals surface area (Å²) >= 11 is 3.37. The lowest BCUT2D eigenvalue weighted by Crippen LogP contribution is -2.10. The number of halogens is 1. The second kappa shape index (κ2) is 6.05. The number of nitro groups is 1. The first kappa shape index (κ1) is 15.2. The molecule has 0 radical (unpaired) electrons. The number of esters is 1. The normalized spacial score (nSPS) is 10.2. The van der Waals surface area contributed by atoms with E-state index in [1.807, 2.05) is 26.0 Å². The average molecular weight is 350 g/mol. The van der Waals surface area contributed by atoms with Gasteiger partial charge in [0.1, 0.15) is 5.75 Å². The molecule has 0 heterocycles. The number of nitro benzene ring substituents is 1. The minimum absolute atomic E-state index is 0.144. The number of rotatable bonds is 3. The molecule has 0 fully saturated rings. The summed E-state index contributed by atoms with van der Waals surface area (Å²) in [5, 5.41) is 10.7. The van der Waals surface area contributed by atoms with E-state index in [1.165, 1.54) is 24.3 Å². The summed E-state index contributed by atoms with van der Waals surface area (Å²) in [7, 11) is 0. The Balaban J connectivity index is 2.30. The topological polar surface area (TPSA) is 69.4 Å². The van der Waals surface area contributed by atoms with Crippen LogP contribution in [0.25, 0.3) is 0 Å². The first-order valence-electron chi connectivity index (χ1n) is 6.12. The standard InChI is InChI=1S/C15H12BrNO4/c1-9-6-12(16)7-10(2)14(9)21-15(18)11-4-3-5-13(8-11)17(19)20/h3-8H,1-2H3. The second-order valence-corrected chi connectivity index (χ2v) is 5.48. The van der Waals surface area contributed by atoms with Gasteiger partial charge in [0.25, 0.3) is 5.69 Å². The van der Waals surface area contributed by atoms with Gasteiger partial charge >= 0.3 is 5.97 Å². The minimum atomic E-state index is -0.618. The van der Waals surface area contributed by atoms with Crippen LogP contribution >= 0.6 is 15.9 Å². The van der Waals surface area contributed by atoms with E-state index in [2.05, 4.69) is 15.9 Å². The van der Waals surface area contributed by atoms with Gasteiger partial charge in [0.05, 0.1) is 10.5 Å². The Kier molecular flexibility index (Phi) is 4.37. The van der Waals surface area contributed by atoms with Crippen molar-refractivity contribution in [1.29, 1.82) is 0 Å². The number of carbonyl (C=O) groups is 1. The zero-order chi connectivity index (χ0) is 15.6. The highest BCUT2D eigenvalue weighted by Crippen LogP contribution is 2.28. The van der Waals surface area contributed by atoms with Crippen LogP contribution in [0, 0.1) is 24.0 Å². The van der Waals surface area contributed by atoms with Gasteiger partial charge in [0, 0.05) is 16.6 Å². The molecule has 2 aromatic rings. The first-order chi connectivity index (χ1) is 9.88. The number of carbonyl (C=O) groups excluding carboxylic acids is 1. The number of aryl methyl sites for hydroxylation is 2. The van der Waals surface area contributed by atoms with Gasteiger partial charge in [-0.25, -0.2) is 4.79 Å². The summed E-state index contributed by atoms with van der Waals surface area (Å²) < 4.78 is 6.27. The Morgan fingerprint density at radius 3 is 2.38 bits per heavy atom. The van der Waals surface area contributed by atoms with Gasteiger partial charge in [0.2, 0.25) is 0 Å². The van der Waals surface area contributed by atoms with Crippen LogP contribution in [0.1, 0.15) is 21.5 Å². The lowest BCUT2D eigenvalue weighted by atomic mass is 10.1. The molecule has 5 nitrogen and oxygen atoms in total. The van der Waals surface area contributed by atoms with Crippen molar-refractivity contribution < 1.29 is 14.5 Å². The molecule has 0 unspecified atom stereocenters. The first-order valence-corrected chi connectivity index (χ1v) is 6.91. The van der Waals surface area contributed by atoms with Crippen LogP contribution in [0.15, 0.2) is 40.9 Å². The number of non-ortho nitro benzene ring substituents is 1. The molecule has 21 heavy (non-hydrogen) atoms. The highest BCUT2D eigenvalue weighted by Gasteiger charge is 2.16. The van der Waals surface area contributed by atoms with Gasteiger partial charge in [-0.1, -0.05) is 22.0 Å². The Morgan fingerprint density at radius 1 is 1.19 bits per heavy atom. The minimum Gasteiger partial charge on any atom is -0.422 e. The number of hydrogen-bond acceptors (Lipinski definition) is 4. The molecule has 0 aliphatic heterocycles. The quantitative estimate of drug-likeness (QED) is 0.360. The molecule has 0 N–H and O–H groups in total. The van der Waals surface area contributed by atoms with Crippen molar-refractivity contribution >= 4 is 27.6 Å². The second-order valence-electron chi connectivity index (χ2n) is 4.57. The molecule has 0 saturated carbocycles. The van der Waals surface area contributed by atoms with Crippen molar-refractivity contribution in [1.82, 2.24) is 0 Å². The molecule has 0 aliphatic rings. The van der Waals surface area contributed by atoms with Crippen LogP contribution in [0.2, 0.25) is 0 Å². The monoisotopic (exact) mass is 349 g/mol. The highest BCUT2D eigenvalue weighted by molar-refractivity contribution is 9.10. The summed E-state index contributed by atoms with van der Waals surface area (Å²) in [6.07, 6.45) is 0. The SMILES string of the molecule is Cc1cc(Br)cc(C)c1OC(=O)c1cccc([N+](=O)[O-])c1. The van der Waals surface area contributed by atoms with E-state index in [0.717, 1.165) is 15.6 Å². The Hall–Kier alpha value is -2.21. The fourth-order valence-corrected chi connectivity index (χ4v) is 2.64. The third kappa shape index (κ3) is 3.46. The van der Waals surface area contributed by atoms with Crippen molar-refractivity contribution in [2.75, 3.05) is 0 Å². The summed E-state index contributed by atoms with van der Waals surface area (Å²) in [5.74, 6) is -0.151.